The summed E-state index contributed by atoms with van der Waals surface area (Å²) in [5, 5.41) is 7.47. The Labute approximate surface area is 167 Å². The number of rotatable bonds is 6. The Morgan fingerprint density at radius 1 is 1.14 bits per heavy atom. The highest BCUT2D eigenvalue weighted by atomic mass is 32.2. The van der Waals surface area contributed by atoms with Crippen molar-refractivity contribution in [2.24, 2.45) is 23.2 Å². The minimum Gasteiger partial charge on any atom is -0.354 e. The van der Waals surface area contributed by atoms with E-state index in [0.29, 0.717) is 16.8 Å². The summed E-state index contributed by atoms with van der Waals surface area (Å²) >= 11 is 0. The van der Waals surface area contributed by atoms with Gasteiger partial charge in [0, 0.05) is 20.6 Å². The lowest BCUT2D eigenvalue weighted by Gasteiger charge is -2.56. The van der Waals surface area contributed by atoms with E-state index in [9.17, 15) is 13.2 Å². The first-order valence-electron chi connectivity index (χ1n) is 10.3. The molecule has 0 unspecified atom stereocenters. The lowest BCUT2D eigenvalue weighted by atomic mass is 9.49. The molecule has 0 aromatic carbocycles. The standard InChI is InChI=1S/C20H32N4O3S/c1-13-19(28(26,27)23(3)4)14(2)24(22-13)11-18(25)21-12-20-8-15-5-16(9-20)7-17(6-15)10-20/h15-17H,5-12H2,1-4H3,(H,21,25). The molecule has 5 rings (SSSR count). The quantitative estimate of drug-likeness (QED) is 0.781. The molecule has 1 N–H and O–H groups in total. The van der Waals surface area contributed by atoms with Gasteiger partial charge in [-0.1, -0.05) is 0 Å². The van der Waals surface area contributed by atoms with Gasteiger partial charge in [-0.15, -0.1) is 0 Å². The van der Waals surface area contributed by atoms with Crippen LogP contribution in [0.4, 0.5) is 0 Å². The Bertz CT molecular complexity index is 852. The van der Waals surface area contributed by atoms with Crippen LogP contribution in [0.3, 0.4) is 0 Å². The average molecular weight is 409 g/mol. The van der Waals surface area contributed by atoms with Crippen LogP contribution in [0, 0.1) is 37.0 Å². The largest absolute Gasteiger partial charge is 0.354 e. The number of carbonyl (C=O) groups excluding carboxylic acids is 1. The predicted molar refractivity (Wildman–Crippen MR) is 106 cm³/mol. The van der Waals surface area contributed by atoms with Crippen molar-refractivity contribution in [3.63, 3.8) is 0 Å². The van der Waals surface area contributed by atoms with Gasteiger partial charge in [0.15, 0.2) is 0 Å². The van der Waals surface area contributed by atoms with Gasteiger partial charge >= 0.3 is 0 Å². The van der Waals surface area contributed by atoms with Crippen molar-refractivity contribution >= 4 is 15.9 Å². The molecule has 0 spiro atoms. The van der Waals surface area contributed by atoms with Crippen molar-refractivity contribution in [3.8, 4) is 0 Å². The molecule has 0 aliphatic heterocycles. The van der Waals surface area contributed by atoms with Gasteiger partial charge in [-0.2, -0.15) is 5.10 Å². The van der Waals surface area contributed by atoms with Crippen LogP contribution < -0.4 is 5.32 Å². The monoisotopic (exact) mass is 408 g/mol. The normalized spacial score (nSPS) is 31.5. The third-order valence-corrected chi connectivity index (χ3v) is 9.24. The van der Waals surface area contributed by atoms with Crippen LogP contribution >= 0.6 is 0 Å². The minimum atomic E-state index is -3.58. The maximum atomic E-state index is 12.6. The van der Waals surface area contributed by atoms with Gasteiger partial charge in [0.05, 0.1) is 11.4 Å². The third kappa shape index (κ3) is 3.38. The van der Waals surface area contributed by atoms with E-state index in [2.05, 4.69) is 10.4 Å². The first-order valence-corrected chi connectivity index (χ1v) is 11.8. The van der Waals surface area contributed by atoms with Gasteiger partial charge in [-0.3, -0.25) is 9.48 Å². The molecular weight excluding hydrogens is 376 g/mol. The number of carbonyl (C=O) groups is 1. The number of aryl methyl sites for hydroxylation is 1. The SMILES string of the molecule is Cc1nn(CC(=O)NCC23CC4CC(CC(C4)C2)C3)c(C)c1S(=O)(=O)N(C)C. The van der Waals surface area contributed by atoms with Crippen LogP contribution in [0.15, 0.2) is 4.90 Å². The number of hydrogen-bond donors (Lipinski definition) is 1. The van der Waals surface area contributed by atoms with E-state index in [1.54, 1.807) is 13.8 Å². The topological polar surface area (TPSA) is 84.3 Å². The van der Waals surface area contributed by atoms with Crippen molar-refractivity contribution in [1.82, 2.24) is 19.4 Å². The molecule has 0 saturated heterocycles. The Kier molecular flexibility index (Phi) is 4.85. The molecule has 7 nitrogen and oxygen atoms in total. The van der Waals surface area contributed by atoms with E-state index in [-0.39, 0.29) is 17.3 Å². The second-order valence-corrected chi connectivity index (χ2v) is 11.7. The van der Waals surface area contributed by atoms with Crippen molar-refractivity contribution in [1.29, 1.82) is 0 Å². The summed E-state index contributed by atoms with van der Waals surface area (Å²) in [4.78, 5) is 12.8. The van der Waals surface area contributed by atoms with Gasteiger partial charge in [0.2, 0.25) is 15.9 Å². The Hall–Kier alpha value is -1.41. The molecule has 28 heavy (non-hydrogen) atoms. The maximum Gasteiger partial charge on any atom is 0.246 e. The van der Waals surface area contributed by atoms with Crippen LogP contribution in [0.1, 0.15) is 49.9 Å². The average Bonchev–Trinajstić information content (AvgIpc) is 2.86. The zero-order valence-electron chi connectivity index (χ0n) is 17.4. The maximum absolute atomic E-state index is 12.6. The number of nitrogens with one attached hydrogen (secondary N) is 1. The van der Waals surface area contributed by atoms with E-state index >= 15 is 0 Å². The third-order valence-electron chi connectivity index (χ3n) is 7.17. The Morgan fingerprint density at radius 2 is 1.68 bits per heavy atom. The molecule has 1 aromatic heterocycles. The first kappa shape index (κ1) is 19.9. The van der Waals surface area contributed by atoms with Crippen molar-refractivity contribution in [3.05, 3.63) is 11.4 Å². The summed E-state index contributed by atoms with van der Waals surface area (Å²) in [6, 6.07) is 0. The number of amides is 1. The highest BCUT2D eigenvalue weighted by Gasteiger charge is 2.50. The van der Waals surface area contributed by atoms with Crippen LogP contribution in [0.25, 0.3) is 0 Å². The predicted octanol–water partition coefficient (Wildman–Crippen LogP) is 2.08. The first-order chi connectivity index (χ1) is 13.1. The second-order valence-electron chi connectivity index (χ2n) is 9.64. The fraction of sp³-hybridized carbons (Fsp3) is 0.800. The summed E-state index contributed by atoms with van der Waals surface area (Å²) in [6.07, 6.45) is 7.94. The molecule has 4 aliphatic rings. The molecule has 4 saturated carbocycles. The van der Waals surface area contributed by atoms with Crippen molar-refractivity contribution in [2.75, 3.05) is 20.6 Å². The van der Waals surface area contributed by atoms with Gasteiger partial charge in [0.25, 0.3) is 0 Å². The summed E-state index contributed by atoms with van der Waals surface area (Å²) in [5.41, 5.74) is 1.23. The molecule has 156 valence electrons. The van der Waals surface area contributed by atoms with Crippen LogP contribution in [0.2, 0.25) is 0 Å². The molecule has 4 fully saturated rings. The van der Waals surface area contributed by atoms with Gasteiger partial charge in [-0.25, -0.2) is 12.7 Å². The van der Waals surface area contributed by atoms with E-state index < -0.39 is 10.0 Å². The fourth-order valence-corrected chi connectivity index (χ4v) is 7.63. The summed E-state index contributed by atoms with van der Waals surface area (Å²) < 4.78 is 27.8. The molecule has 1 heterocycles. The zero-order chi connectivity index (χ0) is 20.3. The van der Waals surface area contributed by atoms with Crippen LogP contribution in [-0.2, 0) is 21.4 Å². The Morgan fingerprint density at radius 3 is 2.18 bits per heavy atom. The number of hydrogen-bond acceptors (Lipinski definition) is 4. The zero-order valence-corrected chi connectivity index (χ0v) is 18.2. The summed E-state index contributed by atoms with van der Waals surface area (Å²) in [7, 11) is -0.571. The summed E-state index contributed by atoms with van der Waals surface area (Å²) in [6.45, 7) is 4.19. The fourth-order valence-electron chi connectivity index (χ4n) is 6.37. The number of aromatic nitrogens is 2. The number of nitrogens with zero attached hydrogens (tertiary/aromatic N) is 3. The van der Waals surface area contributed by atoms with Crippen LogP contribution in [-0.4, -0.2) is 49.1 Å². The second kappa shape index (κ2) is 6.83. The highest BCUT2D eigenvalue weighted by Crippen LogP contribution is 2.59. The molecule has 0 radical (unpaired) electrons. The van der Waals surface area contributed by atoms with Crippen molar-refractivity contribution in [2.45, 2.75) is 63.8 Å². The molecule has 1 aromatic rings. The van der Waals surface area contributed by atoms with E-state index in [4.69, 9.17) is 0 Å². The van der Waals surface area contributed by atoms with E-state index in [0.717, 1.165) is 24.3 Å². The van der Waals surface area contributed by atoms with E-state index in [1.807, 2.05) is 0 Å². The van der Waals surface area contributed by atoms with Gasteiger partial charge in [-0.05, 0) is 75.5 Å². The lowest BCUT2D eigenvalue weighted by molar-refractivity contribution is -0.124. The van der Waals surface area contributed by atoms with Crippen molar-refractivity contribution < 1.29 is 13.2 Å². The van der Waals surface area contributed by atoms with Gasteiger partial charge in [0.1, 0.15) is 11.4 Å². The highest BCUT2D eigenvalue weighted by molar-refractivity contribution is 7.89. The molecule has 8 heteroatoms. The molecular formula is C20H32N4O3S. The number of sulfonamides is 1. The molecule has 1 amide bonds. The minimum absolute atomic E-state index is 0.0575. The smallest absolute Gasteiger partial charge is 0.246 e. The lowest BCUT2D eigenvalue weighted by Crippen LogP contribution is -2.51. The molecule has 0 atom stereocenters. The Balaban J connectivity index is 1.42. The molecule has 4 bridgehead atoms. The van der Waals surface area contributed by atoms with E-state index in [1.165, 1.54) is 61.6 Å². The summed E-state index contributed by atoms with van der Waals surface area (Å²) in [5.74, 6) is 2.49. The molecule has 4 aliphatic carbocycles. The van der Waals surface area contributed by atoms with Crippen LogP contribution in [0.5, 0.6) is 0 Å². The van der Waals surface area contributed by atoms with Gasteiger partial charge < -0.3 is 5.32 Å².